The Balaban J connectivity index is 1.31. The molecule has 15 heteroatoms. The van der Waals surface area contributed by atoms with Crippen molar-refractivity contribution in [2.45, 2.75) is 95.0 Å². The van der Waals surface area contributed by atoms with Crippen LogP contribution in [0.5, 0.6) is 0 Å². The van der Waals surface area contributed by atoms with Crippen molar-refractivity contribution < 1.29 is 63.6 Å². The molecule has 5 N–H and O–H groups in total. The third-order valence-corrected chi connectivity index (χ3v) is 7.72. The van der Waals surface area contributed by atoms with Gasteiger partial charge in [0.05, 0.1) is 47.1 Å². The lowest BCUT2D eigenvalue weighted by atomic mass is 9.99. The summed E-state index contributed by atoms with van der Waals surface area (Å²) in [6.45, 7) is 4.08. The number of carbonyl (C=O) groups excluding carboxylic acids is 3. The molecule has 2 aliphatic rings. The molecule has 10 unspecified atom stereocenters. The number of hydrogen-bond donors (Lipinski definition) is 5. The molecule has 0 spiro atoms. The van der Waals surface area contributed by atoms with Gasteiger partial charge in [-0.3, -0.25) is 14.4 Å². The van der Waals surface area contributed by atoms with Crippen molar-refractivity contribution in [1.29, 1.82) is 0 Å². The molecule has 2 aliphatic heterocycles. The molecule has 2 saturated heterocycles. The zero-order valence-corrected chi connectivity index (χ0v) is 24.5. The Kier molecular flexibility index (Phi) is 9.60. The normalized spacial score (nSPS) is 31.8. The summed E-state index contributed by atoms with van der Waals surface area (Å²) >= 11 is 0. The average Bonchev–Trinajstić information content (AvgIpc) is 2.99. The summed E-state index contributed by atoms with van der Waals surface area (Å²) in [5.74, 6) is -2.29. The van der Waals surface area contributed by atoms with Gasteiger partial charge in [-0.05, 0) is 37.1 Å². The maximum Gasteiger partial charge on any atom is 0.312 e. The van der Waals surface area contributed by atoms with Crippen LogP contribution in [0.1, 0.15) is 31.9 Å². The SMILES string of the molecule is CC(=O)OC1C(O)C(C)OC(OC(=O)Cc2cccc3nc4c(CC(=O)OC5OC(C)C(O)C(O)C5O)cccc4nc23)C1O. The molecule has 15 nitrogen and oxygen atoms in total. The monoisotopic (exact) mass is 630 g/mol. The molecular weight excluding hydrogens is 596 g/mol. The van der Waals surface area contributed by atoms with Crippen molar-refractivity contribution >= 4 is 40.0 Å². The van der Waals surface area contributed by atoms with E-state index in [1.807, 2.05) is 0 Å². The summed E-state index contributed by atoms with van der Waals surface area (Å²) in [6.07, 6.45) is -14.1. The number of ether oxygens (including phenoxy) is 5. The van der Waals surface area contributed by atoms with Gasteiger partial charge in [-0.15, -0.1) is 0 Å². The first-order valence-corrected chi connectivity index (χ1v) is 14.3. The largest absolute Gasteiger partial charge is 0.457 e. The van der Waals surface area contributed by atoms with Gasteiger partial charge < -0.3 is 49.2 Å². The number of benzene rings is 2. The van der Waals surface area contributed by atoms with Gasteiger partial charge in [-0.2, -0.15) is 0 Å². The molecular formula is C30H34N2O13. The molecule has 0 amide bonds. The summed E-state index contributed by atoms with van der Waals surface area (Å²) in [4.78, 5) is 46.5. The van der Waals surface area contributed by atoms with E-state index in [9.17, 15) is 39.9 Å². The smallest absolute Gasteiger partial charge is 0.312 e. The van der Waals surface area contributed by atoms with Crippen LogP contribution in [0.15, 0.2) is 36.4 Å². The lowest BCUT2D eigenvalue weighted by Crippen LogP contribution is -2.59. The number of aliphatic hydroxyl groups excluding tert-OH is 5. The minimum Gasteiger partial charge on any atom is -0.457 e. The molecule has 10 atom stereocenters. The molecule has 3 aromatic rings. The van der Waals surface area contributed by atoms with Crippen molar-refractivity contribution in [3.05, 3.63) is 47.5 Å². The minimum atomic E-state index is -1.64. The first-order chi connectivity index (χ1) is 21.3. The van der Waals surface area contributed by atoms with Crippen LogP contribution >= 0.6 is 0 Å². The number of para-hydroxylation sites is 2. The van der Waals surface area contributed by atoms with E-state index in [1.54, 1.807) is 36.4 Å². The summed E-state index contributed by atoms with van der Waals surface area (Å²) < 4.78 is 26.4. The van der Waals surface area contributed by atoms with Crippen LogP contribution in [0.25, 0.3) is 22.1 Å². The van der Waals surface area contributed by atoms with Crippen LogP contribution in [0.2, 0.25) is 0 Å². The van der Waals surface area contributed by atoms with Crippen LogP contribution in [-0.4, -0.2) is 115 Å². The zero-order chi connectivity index (χ0) is 32.6. The van der Waals surface area contributed by atoms with E-state index >= 15 is 0 Å². The topological polar surface area (TPSA) is 224 Å². The Morgan fingerprint density at radius 2 is 1.13 bits per heavy atom. The minimum absolute atomic E-state index is 0.270. The molecule has 242 valence electrons. The second-order valence-corrected chi connectivity index (χ2v) is 11.1. The highest BCUT2D eigenvalue weighted by molar-refractivity contribution is 5.92. The van der Waals surface area contributed by atoms with E-state index in [0.717, 1.165) is 6.92 Å². The number of carbonyl (C=O) groups is 3. The second-order valence-electron chi connectivity index (χ2n) is 11.1. The van der Waals surface area contributed by atoms with Crippen LogP contribution < -0.4 is 0 Å². The van der Waals surface area contributed by atoms with E-state index in [-0.39, 0.29) is 12.8 Å². The molecule has 2 fully saturated rings. The summed E-state index contributed by atoms with van der Waals surface area (Å²) in [5.41, 5.74) is 2.49. The molecule has 3 heterocycles. The van der Waals surface area contributed by atoms with Gasteiger partial charge in [0.1, 0.15) is 24.4 Å². The van der Waals surface area contributed by atoms with Gasteiger partial charge >= 0.3 is 17.9 Å². The quantitative estimate of drug-likeness (QED) is 0.122. The number of esters is 3. The van der Waals surface area contributed by atoms with Gasteiger partial charge in [0.25, 0.3) is 0 Å². The number of rotatable bonds is 7. The highest BCUT2D eigenvalue weighted by atomic mass is 16.7. The van der Waals surface area contributed by atoms with E-state index in [2.05, 4.69) is 9.97 Å². The number of fused-ring (bicyclic) bond motifs is 2. The van der Waals surface area contributed by atoms with Crippen LogP contribution in [0, 0.1) is 0 Å². The summed E-state index contributed by atoms with van der Waals surface area (Å²) in [6, 6.07) is 9.97. The van der Waals surface area contributed by atoms with Crippen molar-refractivity contribution in [3.8, 4) is 0 Å². The van der Waals surface area contributed by atoms with Crippen LogP contribution in [0.3, 0.4) is 0 Å². The maximum atomic E-state index is 12.9. The first kappa shape index (κ1) is 32.6. The van der Waals surface area contributed by atoms with Crippen molar-refractivity contribution in [2.75, 3.05) is 0 Å². The summed E-state index contributed by atoms with van der Waals surface area (Å²) in [7, 11) is 0. The Bertz CT molecular complexity index is 1580. The highest BCUT2D eigenvalue weighted by Gasteiger charge is 2.47. The number of aliphatic hydroxyl groups is 5. The van der Waals surface area contributed by atoms with Gasteiger partial charge in [0, 0.05) is 6.92 Å². The average molecular weight is 631 g/mol. The molecule has 45 heavy (non-hydrogen) atoms. The number of hydrogen-bond acceptors (Lipinski definition) is 15. The number of nitrogens with zero attached hydrogens (tertiary/aromatic N) is 2. The fraction of sp³-hybridized carbons (Fsp3) is 0.500. The van der Waals surface area contributed by atoms with Gasteiger partial charge in [-0.25, -0.2) is 9.97 Å². The molecule has 0 aliphatic carbocycles. The van der Waals surface area contributed by atoms with Gasteiger partial charge in [-0.1, -0.05) is 24.3 Å². The van der Waals surface area contributed by atoms with Crippen molar-refractivity contribution in [2.24, 2.45) is 0 Å². The van der Waals surface area contributed by atoms with Gasteiger partial charge in [0.2, 0.25) is 12.6 Å². The highest BCUT2D eigenvalue weighted by Crippen LogP contribution is 2.27. The fourth-order valence-electron chi connectivity index (χ4n) is 5.31. The predicted octanol–water partition coefficient (Wildman–Crippen LogP) is -0.820. The maximum absolute atomic E-state index is 12.9. The number of aromatic nitrogens is 2. The third kappa shape index (κ3) is 6.89. The van der Waals surface area contributed by atoms with Crippen molar-refractivity contribution in [1.82, 2.24) is 9.97 Å². The Morgan fingerprint density at radius 1 is 0.667 bits per heavy atom. The molecule has 0 bridgehead atoms. The first-order valence-electron chi connectivity index (χ1n) is 14.3. The standard InChI is InChI=1S/C30H34N2O13/c1-12-23(36)25(38)26(39)29(41-12)44-19(34)10-15-6-4-8-17-21(15)31-18-9-5-7-16(22(18)32-17)11-20(35)45-30-27(40)28(43-14(3)33)24(37)13(2)42-30/h4-9,12-13,23-30,36-40H,10-11H2,1-3H3. The van der Waals surface area contributed by atoms with E-state index in [0.29, 0.717) is 33.2 Å². The fourth-order valence-corrected chi connectivity index (χ4v) is 5.31. The van der Waals surface area contributed by atoms with Crippen molar-refractivity contribution in [3.63, 3.8) is 0 Å². The Labute approximate surface area is 256 Å². The summed E-state index contributed by atoms with van der Waals surface area (Å²) in [5, 5.41) is 50.8. The second kappa shape index (κ2) is 13.3. The van der Waals surface area contributed by atoms with E-state index in [4.69, 9.17) is 23.7 Å². The third-order valence-electron chi connectivity index (χ3n) is 7.72. The molecule has 1 aromatic heterocycles. The lowest BCUT2D eigenvalue weighted by Gasteiger charge is -2.40. The van der Waals surface area contributed by atoms with E-state index < -0.39 is 79.3 Å². The molecule has 2 aromatic carbocycles. The van der Waals surface area contributed by atoms with Crippen LogP contribution in [-0.2, 0) is 50.9 Å². The van der Waals surface area contributed by atoms with Crippen LogP contribution in [0.4, 0.5) is 0 Å². The molecule has 5 rings (SSSR count). The van der Waals surface area contributed by atoms with Gasteiger partial charge in [0.15, 0.2) is 12.2 Å². The Hall–Kier alpha value is -3.83. The van der Waals surface area contributed by atoms with E-state index in [1.165, 1.54) is 13.8 Å². The predicted molar refractivity (Wildman–Crippen MR) is 151 cm³/mol. The molecule has 0 radical (unpaired) electrons. The zero-order valence-electron chi connectivity index (χ0n) is 24.5. The Morgan fingerprint density at radius 3 is 1.62 bits per heavy atom. The molecule has 0 saturated carbocycles. The lowest BCUT2D eigenvalue weighted by molar-refractivity contribution is -0.287.